The second-order valence-corrected chi connectivity index (χ2v) is 8.01. The maximum absolute atomic E-state index is 12.9. The van der Waals surface area contributed by atoms with Crippen LogP contribution in [0.25, 0.3) is 10.2 Å². The minimum Gasteiger partial charge on any atom is -0.494 e. The number of benzene rings is 1. The van der Waals surface area contributed by atoms with E-state index < -0.39 is 0 Å². The zero-order chi connectivity index (χ0) is 19.0. The second-order valence-electron chi connectivity index (χ2n) is 7.01. The molecule has 1 saturated carbocycles. The first-order chi connectivity index (χ1) is 13.1. The topological polar surface area (TPSA) is 64.1 Å². The average Bonchev–Trinajstić information content (AvgIpc) is 3.44. The summed E-state index contributed by atoms with van der Waals surface area (Å²) < 4.78 is 5.65. The van der Waals surface area contributed by atoms with Gasteiger partial charge >= 0.3 is 0 Å². The predicted octanol–water partition coefficient (Wildman–Crippen LogP) is 5.23. The fourth-order valence-electron chi connectivity index (χ4n) is 3.17. The quantitative estimate of drug-likeness (QED) is 0.635. The molecule has 4 rings (SSSR count). The molecule has 2 aromatic heterocycles. The van der Waals surface area contributed by atoms with Crippen molar-refractivity contribution in [1.82, 2.24) is 9.97 Å². The molecule has 2 heterocycles. The lowest BCUT2D eigenvalue weighted by Crippen LogP contribution is -2.11. The summed E-state index contributed by atoms with van der Waals surface area (Å²) in [6.07, 6.45) is 3.28. The Hall–Kier alpha value is -2.47. The highest BCUT2D eigenvalue weighted by Gasteiger charge is 2.28. The molecule has 27 heavy (non-hydrogen) atoms. The first-order valence-electron chi connectivity index (χ1n) is 9.38. The molecule has 1 aliphatic rings. The summed E-state index contributed by atoms with van der Waals surface area (Å²) in [7, 11) is 0. The Balaban J connectivity index is 1.61. The van der Waals surface area contributed by atoms with Crippen molar-refractivity contribution in [2.75, 3.05) is 11.9 Å². The number of anilines is 1. The van der Waals surface area contributed by atoms with E-state index in [1.165, 1.54) is 24.2 Å². The maximum atomic E-state index is 12.9. The van der Waals surface area contributed by atoms with Crippen LogP contribution in [-0.4, -0.2) is 22.5 Å². The van der Waals surface area contributed by atoms with Gasteiger partial charge in [0.25, 0.3) is 5.91 Å². The Labute approximate surface area is 162 Å². The van der Waals surface area contributed by atoms with Gasteiger partial charge in [-0.25, -0.2) is 9.97 Å². The number of nitrogens with zero attached hydrogens (tertiary/aromatic N) is 2. The van der Waals surface area contributed by atoms with Crippen molar-refractivity contribution in [1.29, 1.82) is 0 Å². The molecule has 0 unspecified atom stereocenters. The van der Waals surface area contributed by atoms with Gasteiger partial charge in [-0.2, -0.15) is 0 Å². The van der Waals surface area contributed by atoms with Crippen molar-refractivity contribution in [2.45, 2.75) is 46.0 Å². The van der Waals surface area contributed by atoms with Gasteiger partial charge < -0.3 is 10.1 Å². The first kappa shape index (κ1) is 17.9. The number of hydrogen-bond donors (Lipinski definition) is 1. The van der Waals surface area contributed by atoms with Crippen molar-refractivity contribution in [3.05, 3.63) is 46.2 Å². The summed E-state index contributed by atoms with van der Waals surface area (Å²) in [5.74, 6) is 2.07. The first-order valence-corrected chi connectivity index (χ1v) is 10.2. The molecule has 1 aliphatic carbocycles. The number of aryl methyl sites for hydroxylation is 2. The zero-order valence-electron chi connectivity index (χ0n) is 15.8. The number of nitrogens with one attached hydrogen (secondary N) is 1. The normalized spacial score (nSPS) is 13.7. The van der Waals surface area contributed by atoms with Crippen molar-refractivity contribution < 1.29 is 9.53 Å². The zero-order valence-corrected chi connectivity index (χ0v) is 16.7. The molecular weight excluding hydrogens is 358 g/mol. The van der Waals surface area contributed by atoms with E-state index in [1.54, 1.807) is 0 Å². The Morgan fingerprint density at radius 1 is 1.30 bits per heavy atom. The minimum absolute atomic E-state index is 0.115. The van der Waals surface area contributed by atoms with Gasteiger partial charge in [0.15, 0.2) is 0 Å². The maximum Gasteiger partial charge on any atom is 0.266 e. The molecule has 0 atom stereocenters. The Morgan fingerprint density at radius 2 is 2.11 bits per heavy atom. The van der Waals surface area contributed by atoms with Gasteiger partial charge in [0.1, 0.15) is 16.4 Å². The SMILES string of the molecule is CCCOc1cccc(NC(=O)c2sc3nc(C4CC4)nc(C)c3c2C)c1. The van der Waals surface area contributed by atoms with Crippen molar-refractivity contribution in [3.63, 3.8) is 0 Å². The van der Waals surface area contributed by atoms with Crippen LogP contribution in [0.15, 0.2) is 24.3 Å². The molecule has 5 nitrogen and oxygen atoms in total. The van der Waals surface area contributed by atoms with Crippen LogP contribution in [0.3, 0.4) is 0 Å². The van der Waals surface area contributed by atoms with E-state index in [1.807, 2.05) is 38.1 Å². The lowest BCUT2D eigenvalue weighted by molar-refractivity contribution is 0.103. The monoisotopic (exact) mass is 381 g/mol. The molecule has 0 bridgehead atoms. The van der Waals surface area contributed by atoms with Gasteiger partial charge in [0.2, 0.25) is 0 Å². The average molecular weight is 382 g/mol. The number of thiophene rings is 1. The smallest absolute Gasteiger partial charge is 0.266 e. The van der Waals surface area contributed by atoms with E-state index in [0.717, 1.165) is 45.2 Å². The van der Waals surface area contributed by atoms with Gasteiger partial charge in [-0.15, -0.1) is 11.3 Å². The molecule has 1 amide bonds. The Kier molecular flexibility index (Phi) is 4.83. The van der Waals surface area contributed by atoms with Crippen molar-refractivity contribution in [3.8, 4) is 5.75 Å². The third-order valence-electron chi connectivity index (χ3n) is 4.70. The molecule has 6 heteroatoms. The van der Waals surface area contributed by atoms with Crippen molar-refractivity contribution in [2.24, 2.45) is 0 Å². The van der Waals surface area contributed by atoms with E-state index >= 15 is 0 Å². The summed E-state index contributed by atoms with van der Waals surface area (Å²) in [4.78, 5) is 23.9. The third-order valence-corrected chi connectivity index (χ3v) is 5.89. The summed E-state index contributed by atoms with van der Waals surface area (Å²) in [5, 5.41) is 4.00. The number of ether oxygens (including phenoxy) is 1. The van der Waals surface area contributed by atoms with Crippen LogP contribution in [0, 0.1) is 13.8 Å². The van der Waals surface area contributed by atoms with Gasteiger partial charge in [-0.05, 0) is 50.8 Å². The predicted molar refractivity (Wildman–Crippen MR) is 109 cm³/mol. The van der Waals surface area contributed by atoms with Crippen LogP contribution >= 0.6 is 11.3 Å². The number of carbonyl (C=O) groups is 1. The fraction of sp³-hybridized carbons (Fsp3) is 0.381. The van der Waals surface area contributed by atoms with Crippen LogP contribution < -0.4 is 10.1 Å². The molecule has 0 radical (unpaired) electrons. The molecule has 0 spiro atoms. The molecule has 140 valence electrons. The Bertz CT molecular complexity index is 1010. The largest absolute Gasteiger partial charge is 0.494 e. The van der Waals surface area contributed by atoms with E-state index in [9.17, 15) is 4.79 Å². The highest BCUT2D eigenvalue weighted by atomic mass is 32.1. The van der Waals surface area contributed by atoms with E-state index in [-0.39, 0.29) is 5.91 Å². The van der Waals surface area contributed by atoms with Crippen LogP contribution in [0.2, 0.25) is 0 Å². The molecule has 0 aliphatic heterocycles. The molecule has 1 N–H and O–H groups in total. The molecule has 1 aromatic carbocycles. The fourth-order valence-corrected chi connectivity index (χ4v) is 4.31. The molecule has 1 fully saturated rings. The lowest BCUT2D eigenvalue weighted by atomic mass is 10.1. The minimum atomic E-state index is -0.115. The lowest BCUT2D eigenvalue weighted by Gasteiger charge is -2.08. The second kappa shape index (κ2) is 7.27. The van der Waals surface area contributed by atoms with E-state index in [2.05, 4.69) is 17.2 Å². The number of hydrogen-bond acceptors (Lipinski definition) is 5. The molecule has 3 aromatic rings. The highest BCUT2D eigenvalue weighted by Crippen LogP contribution is 2.40. The van der Waals surface area contributed by atoms with Crippen LogP contribution in [0.1, 0.15) is 58.9 Å². The van der Waals surface area contributed by atoms with Crippen molar-refractivity contribution >= 4 is 33.1 Å². The van der Waals surface area contributed by atoms with Crippen LogP contribution in [0.4, 0.5) is 5.69 Å². The van der Waals surface area contributed by atoms with Gasteiger partial charge in [0, 0.05) is 23.1 Å². The number of aromatic nitrogens is 2. The van der Waals surface area contributed by atoms with Crippen LogP contribution in [0.5, 0.6) is 5.75 Å². The van der Waals surface area contributed by atoms with Gasteiger partial charge in [0.05, 0.1) is 17.2 Å². The molecular formula is C21H23N3O2S. The summed E-state index contributed by atoms with van der Waals surface area (Å²) in [6, 6.07) is 7.51. The number of carbonyl (C=O) groups excluding carboxylic acids is 1. The van der Waals surface area contributed by atoms with E-state index in [4.69, 9.17) is 9.72 Å². The Morgan fingerprint density at radius 3 is 2.85 bits per heavy atom. The third kappa shape index (κ3) is 3.67. The number of fused-ring (bicyclic) bond motifs is 1. The standard InChI is InChI=1S/C21H23N3O2S/c1-4-10-26-16-7-5-6-15(11-16)23-20(25)18-12(2)17-13(3)22-19(14-8-9-14)24-21(17)27-18/h5-7,11,14H,4,8-10H2,1-3H3,(H,23,25). The number of rotatable bonds is 6. The summed E-state index contributed by atoms with van der Waals surface area (Å²) in [6.45, 7) is 6.71. The van der Waals surface area contributed by atoms with Gasteiger partial charge in [-0.1, -0.05) is 13.0 Å². The van der Waals surface area contributed by atoms with Crippen LogP contribution in [-0.2, 0) is 0 Å². The molecule has 0 saturated heterocycles. The number of amides is 1. The van der Waals surface area contributed by atoms with E-state index in [0.29, 0.717) is 17.4 Å². The van der Waals surface area contributed by atoms with Gasteiger partial charge in [-0.3, -0.25) is 4.79 Å². The highest BCUT2D eigenvalue weighted by molar-refractivity contribution is 7.20. The summed E-state index contributed by atoms with van der Waals surface area (Å²) in [5.41, 5.74) is 2.64. The summed E-state index contributed by atoms with van der Waals surface area (Å²) >= 11 is 1.45.